The molecule has 0 unspecified atom stereocenters. The van der Waals surface area contributed by atoms with Crippen LogP contribution in [0.15, 0.2) is 42.6 Å². The highest BCUT2D eigenvalue weighted by atomic mass is 19.4. The number of nitro groups is 1. The standard InChI is InChI=1S/C14H12F3N3O2/c1-19(13-7-6-12(8-18-13)20(21)22)9-10-2-4-11(5-3-10)14(15,16)17/h2-8H,9H2,1H3. The fourth-order valence-corrected chi connectivity index (χ4v) is 1.87. The lowest BCUT2D eigenvalue weighted by molar-refractivity contribution is -0.385. The fourth-order valence-electron chi connectivity index (χ4n) is 1.87. The molecular weight excluding hydrogens is 299 g/mol. The topological polar surface area (TPSA) is 59.3 Å². The van der Waals surface area contributed by atoms with Crippen LogP contribution in [0.25, 0.3) is 0 Å². The monoisotopic (exact) mass is 311 g/mol. The van der Waals surface area contributed by atoms with E-state index in [2.05, 4.69) is 4.98 Å². The number of anilines is 1. The van der Waals surface area contributed by atoms with Gasteiger partial charge < -0.3 is 4.90 Å². The van der Waals surface area contributed by atoms with E-state index in [0.717, 1.165) is 18.3 Å². The molecule has 0 atom stereocenters. The van der Waals surface area contributed by atoms with Crippen LogP contribution in [0.5, 0.6) is 0 Å². The van der Waals surface area contributed by atoms with Crippen molar-refractivity contribution in [1.82, 2.24) is 4.98 Å². The van der Waals surface area contributed by atoms with Gasteiger partial charge in [-0.05, 0) is 23.8 Å². The minimum Gasteiger partial charge on any atom is -0.355 e. The SMILES string of the molecule is CN(Cc1ccc(C(F)(F)F)cc1)c1ccc([N+](=O)[O-])cn1. The number of pyridine rings is 1. The first-order valence-electron chi connectivity index (χ1n) is 6.25. The van der Waals surface area contributed by atoms with Crippen molar-refractivity contribution in [3.8, 4) is 0 Å². The molecule has 8 heteroatoms. The summed E-state index contributed by atoms with van der Waals surface area (Å²) in [5.74, 6) is 0.491. The van der Waals surface area contributed by atoms with Gasteiger partial charge in [0.2, 0.25) is 0 Å². The molecule has 22 heavy (non-hydrogen) atoms. The maximum Gasteiger partial charge on any atom is 0.416 e. The second-order valence-corrected chi connectivity index (χ2v) is 4.68. The minimum atomic E-state index is -4.36. The molecule has 1 aromatic carbocycles. The van der Waals surface area contributed by atoms with Crippen LogP contribution in [0.2, 0.25) is 0 Å². The molecule has 0 aliphatic heterocycles. The lowest BCUT2D eigenvalue weighted by Gasteiger charge is -2.18. The summed E-state index contributed by atoms with van der Waals surface area (Å²) >= 11 is 0. The first-order valence-corrected chi connectivity index (χ1v) is 6.25. The number of hydrogen-bond acceptors (Lipinski definition) is 4. The zero-order chi connectivity index (χ0) is 16.3. The Morgan fingerprint density at radius 3 is 2.27 bits per heavy atom. The van der Waals surface area contributed by atoms with Gasteiger partial charge in [0.1, 0.15) is 12.0 Å². The predicted molar refractivity (Wildman–Crippen MR) is 74.4 cm³/mol. The molecule has 0 radical (unpaired) electrons. The molecule has 0 fully saturated rings. The van der Waals surface area contributed by atoms with Gasteiger partial charge in [0, 0.05) is 19.7 Å². The molecule has 0 spiro atoms. The van der Waals surface area contributed by atoms with E-state index in [1.165, 1.54) is 24.3 Å². The number of halogens is 3. The van der Waals surface area contributed by atoms with E-state index in [4.69, 9.17) is 0 Å². The van der Waals surface area contributed by atoms with Crippen molar-refractivity contribution < 1.29 is 18.1 Å². The van der Waals surface area contributed by atoms with Crippen LogP contribution < -0.4 is 4.90 Å². The Morgan fingerprint density at radius 1 is 1.18 bits per heavy atom. The minimum absolute atomic E-state index is 0.119. The van der Waals surface area contributed by atoms with Crippen LogP contribution in [0, 0.1) is 10.1 Å². The fraction of sp³-hybridized carbons (Fsp3) is 0.214. The summed E-state index contributed by atoms with van der Waals surface area (Å²) in [6.07, 6.45) is -3.22. The maximum absolute atomic E-state index is 12.5. The highest BCUT2D eigenvalue weighted by molar-refractivity contribution is 5.43. The molecule has 0 N–H and O–H groups in total. The van der Waals surface area contributed by atoms with Gasteiger partial charge in [0.25, 0.3) is 5.69 Å². The summed E-state index contributed by atoms with van der Waals surface area (Å²) in [5, 5.41) is 10.5. The second-order valence-electron chi connectivity index (χ2n) is 4.68. The Balaban J connectivity index is 2.08. The van der Waals surface area contributed by atoms with Crippen LogP contribution in [0.4, 0.5) is 24.7 Å². The van der Waals surface area contributed by atoms with E-state index < -0.39 is 16.7 Å². The summed E-state index contributed by atoms with van der Waals surface area (Å²) in [5.41, 5.74) is -0.144. The molecule has 2 aromatic rings. The zero-order valence-electron chi connectivity index (χ0n) is 11.5. The molecule has 1 heterocycles. The van der Waals surface area contributed by atoms with E-state index in [-0.39, 0.29) is 5.69 Å². The van der Waals surface area contributed by atoms with Crippen LogP contribution >= 0.6 is 0 Å². The van der Waals surface area contributed by atoms with Crippen LogP contribution in [0.1, 0.15) is 11.1 Å². The Morgan fingerprint density at radius 2 is 1.82 bits per heavy atom. The van der Waals surface area contributed by atoms with Crippen molar-refractivity contribution in [2.75, 3.05) is 11.9 Å². The molecule has 116 valence electrons. The summed E-state index contributed by atoms with van der Waals surface area (Å²) in [6.45, 7) is 0.336. The first kappa shape index (κ1) is 15.7. The molecule has 0 saturated carbocycles. The lowest BCUT2D eigenvalue weighted by atomic mass is 10.1. The van der Waals surface area contributed by atoms with Crippen LogP contribution in [0.3, 0.4) is 0 Å². The number of rotatable bonds is 4. The molecule has 1 aromatic heterocycles. The summed E-state index contributed by atoms with van der Waals surface area (Å²) in [6, 6.07) is 7.64. The molecule has 5 nitrogen and oxygen atoms in total. The van der Waals surface area contributed by atoms with E-state index >= 15 is 0 Å². The Bertz CT molecular complexity index is 655. The zero-order valence-corrected chi connectivity index (χ0v) is 11.5. The third kappa shape index (κ3) is 3.72. The summed E-state index contributed by atoms with van der Waals surface area (Å²) in [4.78, 5) is 15.6. The highest BCUT2D eigenvalue weighted by Gasteiger charge is 2.29. The van der Waals surface area contributed by atoms with Gasteiger partial charge in [0.15, 0.2) is 0 Å². The number of alkyl halides is 3. The van der Waals surface area contributed by atoms with Gasteiger partial charge in [-0.2, -0.15) is 13.2 Å². The van der Waals surface area contributed by atoms with E-state index in [1.54, 1.807) is 11.9 Å². The Hall–Kier alpha value is -2.64. The average Bonchev–Trinajstić information content (AvgIpc) is 2.47. The van der Waals surface area contributed by atoms with Gasteiger partial charge in [-0.25, -0.2) is 4.98 Å². The Labute approximate surface area is 124 Å². The molecule has 0 amide bonds. The average molecular weight is 311 g/mol. The number of nitrogens with zero attached hydrogens (tertiary/aromatic N) is 3. The molecule has 0 aliphatic carbocycles. The molecule has 2 rings (SSSR count). The van der Waals surface area contributed by atoms with Gasteiger partial charge in [-0.15, -0.1) is 0 Å². The van der Waals surface area contributed by atoms with Crippen LogP contribution in [-0.2, 0) is 12.7 Å². The molecular formula is C14H12F3N3O2. The maximum atomic E-state index is 12.5. The largest absolute Gasteiger partial charge is 0.416 e. The quantitative estimate of drug-likeness (QED) is 0.639. The van der Waals surface area contributed by atoms with Crippen molar-refractivity contribution in [3.05, 3.63) is 63.8 Å². The summed E-state index contributed by atoms with van der Waals surface area (Å²) < 4.78 is 37.4. The summed E-state index contributed by atoms with van der Waals surface area (Å²) in [7, 11) is 1.70. The molecule has 0 aliphatic rings. The third-order valence-corrected chi connectivity index (χ3v) is 3.04. The predicted octanol–water partition coefficient (Wildman–Crippen LogP) is 3.65. The smallest absolute Gasteiger partial charge is 0.355 e. The van der Waals surface area contributed by atoms with E-state index in [1.807, 2.05) is 0 Å². The van der Waals surface area contributed by atoms with E-state index in [9.17, 15) is 23.3 Å². The van der Waals surface area contributed by atoms with Crippen molar-refractivity contribution in [2.45, 2.75) is 12.7 Å². The third-order valence-electron chi connectivity index (χ3n) is 3.04. The van der Waals surface area contributed by atoms with Crippen LogP contribution in [-0.4, -0.2) is 17.0 Å². The second kappa shape index (κ2) is 6.00. The van der Waals surface area contributed by atoms with Gasteiger partial charge in [0.05, 0.1) is 10.5 Å². The number of benzene rings is 1. The lowest BCUT2D eigenvalue weighted by Crippen LogP contribution is -2.17. The number of aromatic nitrogens is 1. The van der Waals surface area contributed by atoms with Gasteiger partial charge in [-0.3, -0.25) is 10.1 Å². The normalized spacial score (nSPS) is 11.3. The van der Waals surface area contributed by atoms with Crippen molar-refractivity contribution in [1.29, 1.82) is 0 Å². The molecule has 0 bridgehead atoms. The van der Waals surface area contributed by atoms with Gasteiger partial charge >= 0.3 is 6.18 Å². The number of hydrogen-bond donors (Lipinski definition) is 0. The molecule has 0 saturated heterocycles. The van der Waals surface area contributed by atoms with Gasteiger partial charge in [-0.1, -0.05) is 12.1 Å². The van der Waals surface area contributed by atoms with E-state index in [0.29, 0.717) is 17.9 Å². The highest BCUT2D eigenvalue weighted by Crippen LogP contribution is 2.29. The Kier molecular flexibility index (Phi) is 4.30. The van der Waals surface area contributed by atoms with Crippen molar-refractivity contribution >= 4 is 11.5 Å². The first-order chi connectivity index (χ1) is 10.3. The van der Waals surface area contributed by atoms with Crippen molar-refractivity contribution in [3.63, 3.8) is 0 Å². The van der Waals surface area contributed by atoms with Crippen molar-refractivity contribution in [2.24, 2.45) is 0 Å².